The summed E-state index contributed by atoms with van der Waals surface area (Å²) in [4.78, 5) is 20.0. The Hall–Kier alpha value is -2.27. The minimum atomic E-state index is -0.377. The second-order valence-corrected chi connectivity index (χ2v) is 9.89. The summed E-state index contributed by atoms with van der Waals surface area (Å²) in [6.07, 6.45) is 5.60. The van der Waals surface area contributed by atoms with Crippen molar-refractivity contribution in [3.8, 4) is 5.75 Å². The predicted octanol–water partition coefficient (Wildman–Crippen LogP) is 3.78. The van der Waals surface area contributed by atoms with E-state index in [9.17, 15) is 4.79 Å². The van der Waals surface area contributed by atoms with Gasteiger partial charge in [-0.1, -0.05) is 0 Å². The first-order chi connectivity index (χ1) is 15.0. The Balaban J connectivity index is 1.80. The van der Waals surface area contributed by atoms with Gasteiger partial charge in [-0.3, -0.25) is 0 Å². The number of nitrogen functional groups attached to an aromatic ring is 1. The number of aryl methyl sites for hydroxylation is 1. The van der Waals surface area contributed by atoms with Gasteiger partial charge in [0.25, 0.3) is 0 Å². The van der Waals surface area contributed by atoms with Crippen molar-refractivity contribution in [2.45, 2.75) is 56.4 Å². The average Bonchev–Trinajstić information content (AvgIpc) is 2.76. The molecule has 1 aromatic heterocycles. The van der Waals surface area contributed by atoms with Crippen LogP contribution >= 0.6 is 0 Å². The minimum absolute atomic E-state index is 0.0640. The van der Waals surface area contributed by atoms with Crippen LogP contribution in [0.1, 0.15) is 49.4 Å². The molecule has 0 saturated heterocycles. The van der Waals surface area contributed by atoms with Crippen molar-refractivity contribution in [1.82, 2.24) is 9.97 Å². The molecule has 0 fully saturated rings. The molecule has 31 heavy (non-hydrogen) atoms. The Morgan fingerprint density at radius 2 is 2.06 bits per heavy atom. The maximum atomic E-state index is 11.2. The van der Waals surface area contributed by atoms with Gasteiger partial charge in [0.1, 0.15) is 0 Å². The van der Waals surface area contributed by atoms with E-state index in [0.717, 1.165) is 42.5 Å². The van der Waals surface area contributed by atoms with E-state index in [4.69, 9.17) is 10.5 Å². The van der Waals surface area contributed by atoms with Crippen molar-refractivity contribution in [1.29, 1.82) is 0 Å². The summed E-state index contributed by atoms with van der Waals surface area (Å²) in [6.45, 7) is 5.06. The van der Waals surface area contributed by atoms with Gasteiger partial charge in [-0.2, -0.15) is 0 Å². The normalized spacial score (nSPS) is 11.1. The third-order valence-corrected chi connectivity index (χ3v) is 7.39. The summed E-state index contributed by atoms with van der Waals surface area (Å²) in [6, 6.07) is 7.95. The molecule has 8 heteroatoms. The fraction of sp³-hybridized carbons (Fsp3) is 0.522. The van der Waals surface area contributed by atoms with Gasteiger partial charge in [0.15, 0.2) is 0 Å². The van der Waals surface area contributed by atoms with Crippen molar-refractivity contribution in [3.05, 3.63) is 41.1 Å². The monoisotopic (exact) mass is 489 g/mol. The number of nitrogens with two attached hydrogens (primary N) is 1. The van der Waals surface area contributed by atoms with Gasteiger partial charge >= 0.3 is 192 Å². The third-order valence-electron chi connectivity index (χ3n) is 4.82. The van der Waals surface area contributed by atoms with Crippen molar-refractivity contribution < 1.29 is 14.3 Å². The molecule has 0 aliphatic heterocycles. The topological polar surface area (TPSA) is 99.4 Å². The number of benzene rings is 1. The zero-order valence-electron chi connectivity index (χ0n) is 18.8. The van der Waals surface area contributed by atoms with Crippen LogP contribution in [0.2, 0.25) is 5.21 Å². The number of hydrogen-bond donors (Lipinski definition) is 2. The fourth-order valence-electron chi connectivity index (χ4n) is 3.16. The quantitative estimate of drug-likeness (QED) is 0.237. The first-order valence-corrected chi connectivity index (χ1v) is 13.5. The standard InChI is InChI=1S/C23H34AsN4O3/c1-4-5-6-13-26-22-20(17(2)27-23(25)28-22)11-8-12-24-15-18-9-7-10-19(14-18)31-16-21(29)30-3/h7,9-10,14H,4-6,8,11-13,15-16H2,1-3H3,(H3,25,26,27,28). The molecule has 2 aromatic rings. The molecule has 0 aliphatic rings. The fourth-order valence-corrected chi connectivity index (χ4v) is 5.24. The summed E-state index contributed by atoms with van der Waals surface area (Å²) in [5.74, 6) is 1.56. The van der Waals surface area contributed by atoms with Gasteiger partial charge in [-0.05, 0) is 0 Å². The van der Waals surface area contributed by atoms with E-state index in [2.05, 4.69) is 33.0 Å². The number of nitrogens with one attached hydrogen (secondary N) is 1. The van der Waals surface area contributed by atoms with Crippen LogP contribution in [0.15, 0.2) is 24.3 Å². The van der Waals surface area contributed by atoms with Crippen LogP contribution in [0, 0.1) is 6.92 Å². The van der Waals surface area contributed by atoms with E-state index in [1.165, 1.54) is 36.3 Å². The van der Waals surface area contributed by atoms with Gasteiger partial charge in [0, 0.05) is 0 Å². The van der Waals surface area contributed by atoms with Gasteiger partial charge in [-0.15, -0.1) is 0 Å². The maximum absolute atomic E-state index is 11.2. The van der Waals surface area contributed by atoms with Crippen molar-refractivity contribution in [2.75, 3.05) is 31.3 Å². The molecule has 0 atom stereocenters. The van der Waals surface area contributed by atoms with Crippen LogP contribution in [-0.4, -0.2) is 52.0 Å². The molecule has 0 aliphatic carbocycles. The Morgan fingerprint density at radius 1 is 1.23 bits per heavy atom. The van der Waals surface area contributed by atoms with E-state index in [-0.39, 0.29) is 28.3 Å². The molecular weight excluding hydrogens is 455 g/mol. The molecule has 3 N–H and O–H groups in total. The van der Waals surface area contributed by atoms with Crippen LogP contribution in [0.3, 0.4) is 0 Å². The number of hydrogen-bond acceptors (Lipinski definition) is 7. The van der Waals surface area contributed by atoms with Crippen LogP contribution < -0.4 is 15.8 Å². The number of ether oxygens (including phenoxy) is 2. The predicted molar refractivity (Wildman–Crippen MR) is 126 cm³/mol. The first kappa shape index (κ1) is 25.0. The van der Waals surface area contributed by atoms with Gasteiger partial charge < -0.3 is 0 Å². The molecular formula is C23H34AsN4O3. The number of anilines is 2. The Bertz CT molecular complexity index is 832. The van der Waals surface area contributed by atoms with E-state index < -0.39 is 0 Å². The number of esters is 1. The molecule has 0 unspecified atom stereocenters. The van der Waals surface area contributed by atoms with Gasteiger partial charge in [0.05, 0.1) is 0 Å². The first-order valence-electron chi connectivity index (χ1n) is 10.8. The molecule has 0 spiro atoms. The number of unbranched alkanes of at least 4 members (excludes halogenated alkanes) is 2. The molecule has 0 bridgehead atoms. The molecule has 2 rings (SSSR count). The zero-order valence-corrected chi connectivity index (χ0v) is 20.7. The number of carbonyl (C=O) groups is 1. The van der Waals surface area contributed by atoms with Crippen molar-refractivity contribution >= 4 is 33.5 Å². The van der Waals surface area contributed by atoms with Crippen molar-refractivity contribution in [2.24, 2.45) is 0 Å². The average molecular weight is 489 g/mol. The molecule has 1 radical (unpaired) electrons. The number of aromatic nitrogens is 2. The van der Waals surface area contributed by atoms with Crippen LogP contribution in [0.4, 0.5) is 11.8 Å². The Labute approximate surface area is 192 Å². The summed E-state index contributed by atoms with van der Waals surface area (Å²) in [5.41, 5.74) is 9.26. The summed E-state index contributed by atoms with van der Waals surface area (Å²) in [5, 5.41) is 5.71. The molecule has 1 heterocycles. The SMILES string of the molecule is CCCCCNc1nc(N)nc(C)c1CCC[As]Cc1cccc(OCC(=O)OC)c1. The number of methoxy groups -OCH3 is 1. The van der Waals surface area contributed by atoms with E-state index in [0.29, 0.717) is 11.7 Å². The summed E-state index contributed by atoms with van der Waals surface area (Å²) < 4.78 is 10.1. The summed E-state index contributed by atoms with van der Waals surface area (Å²) in [7, 11) is 1.36. The van der Waals surface area contributed by atoms with Crippen molar-refractivity contribution in [3.63, 3.8) is 0 Å². The van der Waals surface area contributed by atoms with Crippen LogP contribution in [-0.2, 0) is 21.2 Å². The molecule has 7 nitrogen and oxygen atoms in total. The summed E-state index contributed by atoms with van der Waals surface area (Å²) >= 11 is 0.188. The van der Waals surface area contributed by atoms with Crippen LogP contribution in [0.5, 0.6) is 5.75 Å². The Morgan fingerprint density at radius 3 is 2.84 bits per heavy atom. The van der Waals surface area contributed by atoms with Gasteiger partial charge in [-0.25, -0.2) is 0 Å². The van der Waals surface area contributed by atoms with E-state index in [1.54, 1.807) is 0 Å². The second kappa shape index (κ2) is 13.9. The molecule has 0 saturated carbocycles. The third kappa shape index (κ3) is 9.17. The van der Waals surface area contributed by atoms with Crippen LogP contribution in [0.25, 0.3) is 0 Å². The Kier molecular flexibility index (Phi) is 11.2. The number of nitrogens with zero attached hydrogens (tertiary/aromatic N) is 2. The van der Waals surface area contributed by atoms with E-state index in [1.807, 2.05) is 25.1 Å². The molecule has 1 aromatic carbocycles. The molecule has 0 amide bonds. The second-order valence-electron chi connectivity index (χ2n) is 7.35. The zero-order chi connectivity index (χ0) is 22.5. The van der Waals surface area contributed by atoms with E-state index >= 15 is 0 Å². The number of carbonyl (C=O) groups excluding carboxylic acids is 1. The number of rotatable bonds is 14. The molecule has 169 valence electrons. The van der Waals surface area contributed by atoms with Gasteiger partial charge in [0.2, 0.25) is 0 Å².